The summed E-state index contributed by atoms with van der Waals surface area (Å²) in [5.74, 6) is 1.83. The van der Waals surface area contributed by atoms with Gasteiger partial charge in [-0.2, -0.15) is 17.9 Å². The van der Waals surface area contributed by atoms with E-state index < -0.39 is 5.66 Å². The molecule has 60 heavy (non-hydrogen) atoms. The van der Waals surface area contributed by atoms with Gasteiger partial charge in [0.05, 0.1) is 10.8 Å². The number of benzene rings is 9. The van der Waals surface area contributed by atoms with Crippen molar-refractivity contribution in [1.82, 2.24) is 8.80 Å². The highest BCUT2D eigenvalue weighted by molar-refractivity contribution is 6.34. The summed E-state index contributed by atoms with van der Waals surface area (Å²) in [6, 6.07) is 51.8. The first-order valence-corrected chi connectivity index (χ1v) is 20.9. The van der Waals surface area contributed by atoms with Crippen LogP contribution in [0.25, 0.3) is 109 Å². The third-order valence-corrected chi connectivity index (χ3v) is 14.7. The van der Waals surface area contributed by atoms with Crippen LogP contribution >= 0.6 is 0 Å². The molecule has 0 saturated carbocycles. The molecule has 1 atom stereocenters. The van der Waals surface area contributed by atoms with Crippen LogP contribution in [0.1, 0.15) is 22.3 Å². The molecule has 0 bridgehead atoms. The van der Waals surface area contributed by atoms with Crippen LogP contribution in [-0.4, -0.2) is 8.80 Å². The minimum atomic E-state index is -0.743. The van der Waals surface area contributed by atoms with Crippen LogP contribution in [0.15, 0.2) is 158 Å². The van der Waals surface area contributed by atoms with Gasteiger partial charge in [0.2, 0.25) is 0 Å². The second kappa shape index (κ2) is 9.74. The Morgan fingerprint density at radius 1 is 0.450 bits per heavy atom. The Balaban J connectivity index is 1.21. The van der Waals surface area contributed by atoms with E-state index in [9.17, 15) is 0 Å². The van der Waals surface area contributed by atoms with Crippen LogP contribution in [0.4, 0.5) is 0 Å². The summed E-state index contributed by atoms with van der Waals surface area (Å²) in [5.41, 5.74) is 11.6. The number of fused-ring (bicyclic) bond motifs is 16. The Morgan fingerprint density at radius 2 is 0.950 bits per heavy atom. The van der Waals surface area contributed by atoms with E-state index in [1.165, 1.54) is 131 Å². The second-order valence-corrected chi connectivity index (χ2v) is 17.3. The molecule has 3 aliphatic rings. The van der Waals surface area contributed by atoms with Crippen molar-refractivity contribution in [3.05, 3.63) is 180 Å². The summed E-state index contributed by atoms with van der Waals surface area (Å²) in [7, 11) is 0. The van der Waals surface area contributed by atoms with Crippen LogP contribution in [0, 0.1) is 13.8 Å². The minimum absolute atomic E-state index is 0.743. The monoisotopic (exact) mass is 764 g/mol. The van der Waals surface area contributed by atoms with Gasteiger partial charge in [0, 0.05) is 37.9 Å². The topological polar surface area (TPSA) is 25.8 Å². The lowest BCUT2D eigenvalue weighted by Crippen LogP contribution is -2.71. The highest BCUT2D eigenvalue weighted by Crippen LogP contribution is 2.59. The van der Waals surface area contributed by atoms with Crippen molar-refractivity contribution in [3.63, 3.8) is 0 Å². The molecular formula is C55H32N4O+2. The maximum absolute atomic E-state index is 7.19. The first-order valence-electron chi connectivity index (χ1n) is 20.9. The maximum atomic E-state index is 7.19. The van der Waals surface area contributed by atoms with Gasteiger partial charge in [-0.15, -0.1) is 0 Å². The Labute approximate surface area is 341 Å². The molecule has 5 nitrogen and oxygen atoms in total. The fraction of sp³-hybridized carbons (Fsp3) is 0.0545. The van der Waals surface area contributed by atoms with Gasteiger partial charge >= 0.3 is 5.66 Å². The first-order chi connectivity index (χ1) is 29.6. The summed E-state index contributed by atoms with van der Waals surface area (Å²) in [6.07, 6.45) is 7.15. The zero-order chi connectivity index (χ0) is 38.9. The number of imidazole rings is 2. The van der Waals surface area contributed by atoms with E-state index in [-0.39, 0.29) is 0 Å². The third-order valence-electron chi connectivity index (χ3n) is 14.7. The second-order valence-electron chi connectivity index (χ2n) is 17.3. The molecule has 4 aromatic heterocycles. The third kappa shape index (κ3) is 3.01. The highest BCUT2D eigenvalue weighted by Gasteiger charge is 2.66. The van der Waals surface area contributed by atoms with Crippen molar-refractivity contribution in [2.45, 2.75) is 19.5 Å². The Bertz CT molecular complexity index is 4280. The molecule has 0 fully saturated rings. The number of aryl methyl sites for hydroxylation is 2. The summed E-state index contributed by atoms with van der Waals surface area (Å²) < 4.78 is 17.5. The van der Waals surface area contributed by atoms with E-state index in [0.29, 0.717) is 0 Å². The Morgan fingerprint density at radius 3 is 1.55 bits per heavy atom. The quantitative estimate of drug-likeness (QED) is 0.121. The lowest BCUT2D eigenvalue weighted by Gasteiger charge is -2.30. The lowest BCUT2D eigenvalue weighted by molar-refractivity contribution is -0.944. The summed E-state index contributed by atoms with van der Waals surface area (Å²) >= 11 is 0. The molecule has 276 valence electrons. The fourth-order valence-electron chi connectivity index (χ4n) is 12.7. The molecule has 1 unspecified atom stereocenters. The van der Waals surface area contributed by atoms with Crippen LogP contribution < -0.4 is 13.9 Å². The summed E-state index contributed by atoms with van der Waals surface area (Å²) in [5, 5.41) is 17.7. The molecule has 9 aromatic carbocycles. The number of aromatic nitrogens is 4. The molecule has 0 N–H and O–H groups in total. The van der Waals surface area contributed by atoms with Gasteiger partial charge in [-0.3, -0.25) is 0 Å². The molecule has 0 amide bonds. The van der Waals surface area contributed by atoms with E-state index in [1.807, 2.05) is 0 Å². The fourth-order valence-corrected chi connectivity index (χ4v) is 12.7. The van der Waals surface area contributed by atoms with Gasteiger partial charge in [-0.05, 0) is 81.6 Å². The molecule has 16 rings (SSSR count). The Hall–Kier alpha value is -7.76. The smallest absolute Gasteiger partial charge is 0.315 e. The number of ether oxygens (including phenoxy) is 1. The van der Waals surface area contributed by atoms with Crippen LogP contribution in [0.3, 0.4) is 0 Å². The number of hydrogen-bond acceptors (Lipinski definition) is 1. The van der Waals surface area contributed by atoms with Crippen LogP contribution in [0.2, 0.25) is 0 Å². The molecular weight excluding hydrogens is 733 g/mol. The summed E-state index contributed by atoms with van der Waals surface area (Å²) in [6.45, 7) is 4.53. The lowest BCUT2D eigenvalue weighted by atomic mass is 9.84. The molecule has 1 spiro atoms. The molecule has 13 aromatic rings. The number of pyridine rings is 2. The zero-order valence-electron chi connectivity index (χ0n) is 32.7. The molecule has 3 aliphatic heterocycles. The van der Waals surface area contributed by atoms with Gasteiger partial charge in [-0.1, -0.05) is 115 Å². The van der Waals surface area contributed by atoms with Gasteiger partial charge in [-0.25, -0.2) is 0 Å². The SMILES string of the molecule is Cc1cccc(C)c1-c1c[n+]2c3c4c5c(ccc4c4c6ccccc6c6ccccc6c4n13)Oc1ccc3c4c1C52[n+]1ccn(c2c5ccccc5c5ccccc5c32)c41. The zero-order valence-corrected chi connectivity index (χ0v) is 32.7. The van der Waals surface area contributed by atoms with Crippen molar-refractivity contribution in [2.24, 2.45) is 0 Å². The minimum Gasteiger partial charge on any atom is -0.456 e. The normalized spacial score (nSPS) is 16.0. The van der Waals surface area contributed by atoms with Crippen LogP contribution in [-0.2, 0) is 5.66 Å². The largest absolute Gasteiger partial charge is 0.456 e. The molecule has 0 aliphatic carbocycles. The van der Waals surface area contributed by atoms with E-state index in [1.54, 1.807) is 0 Å². The number of nitrogens with zero attached hydrogens (tertiary/aromatic N) is 4. The van der Waals surface area contributed by atoms with E-state index in [2.05, 4.69) is 190 Å². The van der Waals surface area contributed by atoms with Gasteiger partial charge < -0.3 is 4.74 Å². The van der Waals surface area contributed by atoms with E-state index >= 15 is 0 Å². The van der Waals surface area contributed by atoms with Gasteiger partial charge in [0.1, 0.15) is 52.2 Å². The standard InChI is InChI=1S/C55H32N4O/c1-29-12-11-13-30(2)44(29)41-28-58-54-48-40(46-36-19-8-4-15-32(36)34-17-6-10-21-38(34)52(46)59(41)54)23-25-43-50(48)55(58)49-42(60-43)24-22-39-45-35-18-7-3-14-31(35)33-16-5-9-20-37(33)51(45)56-26-27-57(55)53(56)47(39)49/h3-28H,1-2H3/q+2. The van der Waals surface area contributed by atoms with Crippen LogP contribution in [0.5, 0.6) is 11.5 Å². The van der Waals surface area contributed by atoms with E-state index in [4.69, 9.17) is 4.74 Å². The molecule has 0 radical (unpaired) electrons. The van der Waals surface area contributed by atoms with Crippen molar-refractivity contribution in [3.8, 4) is 22.8 Å². The van der Waals surface area contributed by atoms with Crippen molar-refractivity contribution in [1.29, 1.82) is 0 Å². The number of rotatable bonds is 1. The van der Waals surface area contributed by atoms with Crippen molar-refractivity contribution < 1.29 is 13.9 Å². The first kappa shape index (κ1) is 30.3. The molecule has 5 heteroatoms. The summed E-state index contributed by atoms with van der Waals surface area (Å²) in [4.78, 5) is 0. The van der Waals surface area contributed by atoms with Crippen molar-refractivity contribution >= 4 is 97.7 Å². The molecule has 0 saturated heterocycles. The average molecular weight is 765 g/mol. The predicted octanol–water partition coefficient (Wildman–Crippen LogP) is 12.3. The van der Waals surface area contributed by atoms with Crippen molar-refractivity contribution in [2.75, 3.05) is 0 Å². The highest BCUT2D eigenvalue weighted by atomic mass is 16.5. The van der Waals surface area contributed by atoms with Gasteiger partial charge in [0.25, 0.3) is 11.3 Å². The molecule has 7 heterocycles. The predicted molar refractivity (Wildman–Crippen MR) is 242 cm³/mol. The number of hydrogen-bond donors (Lipinski definition) is 0. The average Bonchev–Trinajstić information content (AvgIpc) is 4.05. The van der Waals surface area contributed by atoms with E-state index in [0.717, 1.165) is 11.5 Å². The maximum Gasteiger partial charge on any atom is 0.315 e. The van der Waals surface area contributed by atoms with Gasteiger partial charge in [0.15, 0.2) is 5.69 Å². The Kier molecular flexibility index (Phi) is 4.92.